The van der Waals surface area contributed by atoms with E-state index in [1.807, 2.05) is 0 Å². The summed E-state index contributed by atoms with van der Waals surface area (Å²) >= 11 is 0. The zero-order valence-corrected chi connectivity index (χ0v) is 41.0. The van der Waals surface area contributed by atoms with E-state index in [0.717, 1.165) is 94.1 Å². The Balaban J connectivity index is 0.939. The Morgan fingerprint density at radius 2 is 0.566 bits per heavy atom. The Bertz CT molecular complexity index is 4790. The van der Waals surface area contributed by atoms with Crippen LogP contribution in [0, 0.1) is 0 Å². The summed E-state index contributed by atoms with van der Waals surface area (Å²) in [6.45, 7) is 0. The van der Waals surface area contributed by atoms with E-state index in [1.165, 1.54) is 32.6 Å². The smallest absolute Gasteiger partial charge is 0.164 e. The molecule has 0 fully saturated rings. The highest BCUT2D eigenvalue weighted by Crippen LogP contribution is 2.44. The minimum Gasteiger partial charge on any atom is -0.309 e. The van der Waals surface area contributed by atoms with E-state index in [9.17, 15) is 0 Å². The van der Waals surface area contributed by atoms with E-state index in [1.54, 1.807) is 0 Å². The second-order valence-electron chi connectivity index (χ2n) is 19.5. The van der Waals surface area contributed by atoms with Crippen molar-refractivity contribution < 1.29 is 0 Å². The number of aromatic nitrogens is 7. The fraction of sp³-hybridized carbons (Fsp3) is 0. The number of fused-ring (bicyclic) bond motifs is 13. The lowest BCUT2D eigenvalue weighted by Gasteiger charge is -2.13. The van der Waals surface area contributed by atoms with Crippen LogP contribution in [-0.2, 0) is 0 Å². The van der Waals surface area contributed by atoms with Gasteiger partial charge in [0.15, 0.2) is 17.5 Å². The summed E-state index contributed by atoms with van der Waals surface area (Å²) in [6.07, 6.45) is 0. The number of hydrogen-bond acceptors (Lipinski definition) is 3. The van der Waals surface area contributed by atoms with Crippen LogP contribution in [0.25, 0.3) is 144 Å². The number of benzene rings is 11. The van der Waals surface area contributed by atoms with E-state index < -0.39 is 0 Å². The molecule has 0 aliphatic carbocycles. The van der Waals surface area contributed by atoms with Crippen molar-refractivity contribution in [1.29, 1.82) is 0 Å². The molecule has 0 unspecified atom stereocenters. The quantitative estimate of drug-likeness (QED) is 0.160. The van der Waals surface area contributed by atoms with Crippen LogP contribution in [0.4, 0.5) is 0 Å². The monoisotopic (exact) mass is 969 g/mol. The predicted molar refractivity (Wildman–Crippen MR) is 313 cm³/mol. The molecule has 0 saturated heterocycles. The minimum absolute atomic E-state index is 0.592. The Hall–Kier alpha value is -10.4. The van der Waals surface area contributed by atoms with E-state index in [-0.39, 0.29) is 0 Å². The SMILES string of the molecule is c1ccc(-n2c3ccccc3c3c(-c4nc(-c5ccc(-n6c7ccccc7c7ccc8c(c9ccccc9n8-c8ccccc8)c76)cc5)nc(-c5cccc6c5c5ccccc5n6-c5ccccc5)n4)cccc32)cc1. The van der Waals surface area contributed by atoms with Crippen molar-refractivity contribution in [2.45, 2.75) is 0 Å². The van der Waals surface area contributed by atoms with Gasteiger partial charge in [0.2, 0.25) is 0 Å². The maximum atomic E-state index is 5.53. The van der Waals surface area contributed by atoms with Gasteiger partial charge in [-0.1, -0.05) is 158 Å². The number of para-hydroxylation sites is 7. The Morgan fingerprint density at radius 1 is 0.211 bits per heavy atom. The normalized spacial score (nSPS) is 11.9. The van der Waals surface area contributed by atoms with Crippen LogP contribution >= 0.6 is 0 Å². The van der Waals surface area contributed by atoms with Crippen molar-refractivity contribution in [1.82, 2.24) is 33.2 Å². The van der Waals surface area contributed by atoms with Crippen molar-refractivity contribution >= 4 is 87.2 Å². The Kier molecular flexibility index (Phi) is 9.20. The molecule has 0 aliphatic rings. The van der Waals surface area contributed by atoms with Gasteiger partial charge in [-0.15, -0.1) is 0 Å². The van der Waals surface area contributed by atoms with Crippen molar-refractivity contribution in [2.75, 3.05) is 0 Å². The first kappa shape index (κ1) is 42.2. The topological polar surface area (TPSA) is 58.4 Å². The van der Waals surface area contributed by atoms with Gasteiger partial charge in [0.25, 0.3) is 0 Å². The highest BCUT2D eigenvalue weighted by Gasteiger charge is 2.24. The summed E-state index contributed by atoms with van der Waals surface area (Å²) in [7, 11) is 0. The molecule has 0 amide bonds. The third-order valence-corrected chi connectivity index (χ3v) is 15.4. The van der Waals surface area contributed by atoms with Gasteiger partial charge >= 0.3 is 0 Å². The fourth-order valence-corrected chi connectivity index (χ4v) is 12.3. The molecule has 5 aromatic heterocycles. The summed E-state index contributed by atoms with van der Waals surface area (Å²) in [5, 5.41) is 9.28. The third-order valence-electron chi connectivity index (χ3n) is 15.4. The first-order valence-electron chi connectivity index (χ1n) is 25.8. The summed E-state index contributed by atoms with van der Waals surface area (Å²) in [5.74, 6) is 1.80. The van der Waals surface area contributed by atoms with Gasteiger partial charge in [-0.05, 0) is 103 Å². The van der Waals surface area contributed by atoms with Crippen molar-refractivity contribution in [3.8, 4) is 56.9 Å². The summed E-state index contributed by atoms with van der Waals surface area (Å²) < 4.78 is 9.52. The summed E-state index contributed by atoms with van der Waals surface area (Å²) in [5.41, 5.74) is 16.2. The van der Waals surface area contributed by atoms with Crippen molar-refractivity contribution in [2.24, 2.45) is 0 Å². The molecule has 7 heteroatoms. The standard InChI is InChI=1S/C69H43N7/c1-4-20-45(21-5-1)73-57-33-15-11-27-51(57)63-54(30-18-36-60(63)73)68-70-67(71-69(72-68)55-31-19-37-61-64(55)52-28-12-16-34-58(52)74(61)46-22-6-2-7-23-46)44-38-40-48(41-39-44)76-56-32-14-10-26-49(56)50-42-43-62-65(66(50)76)53-29-13-17-35-59(53)75(62)47-24-8-3-9-25-47/h1-43H. The van der Waals surface area contributed by atoms with E-state index in [0.29, 0.717) is 17.5 Å². The largest absolute Gasteiger partial charge is 0.309 e. The second kappa shape index (κ2) is 16.6. The van der Waals surface area contributed by atoms with Crippen molar-refractivity contribution in [3.63, 3.8) is 0 Å². The lowest BCUT2D eigenvalue weighted by molar-refractivity contribution is 1.08. The molecule has 0 atom stereocenters. The van der Waals surface area contributed by atoms with Gasteiger partial charge in [-0.2, -0.15) is 0 Å². The molecule has 11 aromatic carbocycles. The molecule has 0 bridgehead atoms. The van der Waals surface area contributed by atoms with E-state index in [2.05, 4.69) is 279 Å². The molecule has 0 N–H and O–H groups in total. The van der Waals surface area contributed by atoms with E-state index >= 15 is 0 Å². The van der Waals surface area contributed by atoms with E-state index in [4.69, 9.17) is 15.0 Å². The molecular weight excluding hydrogens is 927 g/mol. The maximum absolute atomic E-state index is 5.53. The van der Waals surface area contributed by atoms with Crippen LogP contribution in [-0.4, -0.2) is 33.2 Å². The Morgan fingerprint density at radius 3 is 1.04 bits per heavy atom. The first-order chi connectivity index (χ1) is 37.7. The molecule has 0 aliphatic heterocycles. The highest BCUT2D eigenvalue weighted by molar-refractivity contribution is 6.26. The predicted octanol–water partition coefficient (Wildman–Crippen LogP) is 17.3. The molecule has 0 saturated carbocycles. The number of rotatable bonds is 7. The average molecular weight is 970 g/mol. The van der Waals surface area contributed by atoms with Gasteiger partial charge in [0, 0.05) is 82.5 Å². The second-order valence-corrected chi connectivity index (χ2v) is 19.5. The molecule has 16 aromatic rings. The molecule has 0 radical (unpaired) electrons. The third kappa shape index (κ3) is 6.20. The van der Waals surface area contributed by atoms with Crippen molar-refractivity contribution in [3.05, 3.63) is 261 Å². The number of hydrogen-bond donors (Lipinski definition) is 0. The van der Waals surface area contributed by atoms with Gasteiger partial charge in [0.05, 0.1) is 44.1 Å². The molecule has 354 valence electrons. The van der Waals surface area contributed by atoms with Crippen LogP contribution < -0.4 is 0 Å². The number of nitrogens with zero attached hydrogens (tertiary/aromatic N) is 7. The van der Waals surface area contributed by atoms with Crippen LogP contribution in [0.5, 0.6) is 0 Å². The van der Waals surface area contributed by atoms with Gasteiger partial charge in [-0.3, -0.25) is 0 Å². The fourth-order valence-electron chi connectivity index (χ4n) is 12.3. The van der Waals surface area contributed by atoms with Gasteiger partial charge in [0.1, 0.15) is 0 Å². The molecule has 5 heterocycles. The van der Waals surface area contributed by atoms with Crippen LogP contribution in [0.15, 0.2) is 261 Å². The van der Waals surface area contributed by atoms with Crippen LogP contribution in [0.3, 0.4) is 0 Å². The molecule has 16 rings (SSSR count). The lowest BCUT2D eigenvalue weighted by atomic mass is 10.0. The molecule has 7 nitrogen and oxygen atoms in total. The average Bonchev–Trinajstić information content (AvgIpc) is 4.29. The highest BCUT2D eigenvalue weighted by atomic mass is 15.1. The van der Waals surface area contributed by atoms with Crippen LogP contribution in [0.2, 0.25) is 0 Å². The first-order valence-corrected chi connectivity index (χ1v) is 25.8. The Labute approximate surface area is 436 Å². The van der Waals surface area contributed by atoms with Gasteiger partial charge < -0.3 is 18.3 Å². The van der Waals surface area contributed by atoms with Gasteiger partial charge in [-0.25, -0.2) is 15.0 Å². The van der Waals surface area contributed by atoms with Crippen LogP contribution in [0.1, 0.15) is 0 Å². The zero-order chi connectivity index (χ0) is 49.8. The molecule has 76 heavy (non-hydrogen) atoms. The zero-order valence-electron chi connectivity index (χ0n) is 41.0. The molecule has 0 spiro atoms. The minimum atomic E-state index is 0.592. The maximum Gasteiger partial charge on any atom is 0.164 e. The summed E-state index contributed by atoms with van der Waals surface area (Å²) in [6, 6.07) is 93.0. The lowest BCUT2D eigenvalue weighted by Crippen LogP contribution is -2.01. The summed E-state index contributed by atoms with van der Waals surface area (Å²) in [4.78, 5) is 16.5. The molecular formula is C69H43N7.